The van der Waals surface area contributed by atoms with Crippen LogP contribution in [-0.4, -0.2) is 46.8 Å². The normalized spacial score (nSPS) is 14.4. The minimum atomic E-state index is 0.748. The number of rotatable bonds is 8. The van der Waals surface area contributed by atoms with Gasteiger partial charge < -0.3 is 9.64 Å². The van der Waals surface area contributed by atoms with Crippen LogP contribution in [0.5, 0.6) is 0 Å². The first-order chi connectivity index (χ1) is 13.9. The molecular weight excluding hydrogens is 368 g/mol. The van der Waals surface area contributed by atoms with Crippen LogP contribution in [0.15, 0.2) is 65.8 Å². The highest BCUT2D eigenvalue weighted by molar-refractivity contribution is 7.99. The van der Waals surface area contributed by atoms with Crippen LogP contribution in [-0.2, 0) is 17.7 Å². The van der Waals surface area contributed by atoms with Crippen LogP contribution in [0.3, 0.4) is 0 Å². The van der Waals surface area contributed by atoms with E-state index < -0.39 is 0 Å². The third kappa shape index (κ3) is 4.94. The number of ether oxygens (including phenoxy) is 1. The van der Waals surface area contributed by atoms with E-state index in [1.54, 1.807) is 11.8 Å². The molecule has 28 heavy (non-hydrogen) atoms. The summed E-state index contributed by atoms with van der Waals surface area (Å²) in [7, 11) is 0. The zero-order valence-corrected chi connectivity index (χ0v) is 16.9. The van der Waals surface area contributed by atoms with Gasteiger partial charge in [-0.3, -0.25) is 4.57 Å². The fourth-order valence-electron chi connectivity index (χ4n) is 3.37. The number of nitrogens with zero attached hydrogens (tertiary/aromatic N) is 4. The largest absolute Gasteiger partial charge is 0.378 e. The van der Waals surface area contributed by atoms with E-state index in [4.69, 9.17) is 4.74 Å². The first-order valence-electron chi connectivity index (χ1n) is 9.87. The van der Waals surface area contributed by atoms with E-state index in [1.165, 1.54) is 11.1 Å². The molecule has 0 N–H and O–H groups in total. The van der Waals surface area contributed by atoms with Gasteiger partial charge in [-0.2, -0.15) is 0 Å². The van der Waals surface area contributed by atoms with E-state index in [1.807, 2.05) is 0 Å². The number of aromatic nitrogens is 3. The van der Waals surface area contributed by atoms with Gasteiger partial charge in [0.15, 0.2) is 5.16 Å². The predicted molar refractivity (Wildman–Crippen MR) is 114 cm³/mol. The number of thioether (sulfide) groups is 1. The molecule has 0 aliphatic carbocycles. The molecule has 6 heteroatoms. The molecule has 3 aromatic rings. The SMILES string of the molecule is c1ccc(CCCSc2nnc(N3CCOCC3)n2Cc2ccccc2)cc1. The van der Waals surface area contributed by atoms with Crippen LogP contribution < -0.4 is 4.90 Å². The van der Waals surface area contributed by atoms with Crippen molar-refractivity contribution in [1.29, 1.82) is 0 Å². The van der Waals surface area contributed by atoms with Crippen molar-refractivity contribution in [3.8, 4) is 0 Å². The topological polar surface area (TPSA) is 43.2 Å². The zero-order chi connectivity index (χ0) is 19.0. The van der Waals surface area contributed by atoms with Gasteiger partial charge in [-0.1, -0.05) is 72.4 Å². The smallest absolute Gasteiger partial charge is 0.228 e. The van der Waals surface area contributed by atoms with Crippen molar-refractivity contribution in [2.45, 2.75) is 24.5 Å². The van der Waals surface area contributed by atoms with Crippen molar-refractivity contribution in [3.05, 3.63) is 71.8 Å². The van der Waals surface area contributed by atoms with Gasteiger partial charge in [0.25, 0.3) is 0 Å². The first kappa shape index (κ1) is 19.0. The first-order valence-corrected chi connectivity index (χ1v) is 10.9. The van der Waals surface area contributed by atoms with E-state index >= 15 is 0 Å². The summed E-state index contributed by atoms with van der Waals surface area (Å²) < 4.78 is 7.76. The van der Waals surface area contributed by atoms with Gasteiger partial charge in [0, 0.05) is 18.8 Å². The Bertz CT molecular complexity index is 847. The second-order valence-electron chi connectivity index (χ2n) is 6.89. The molecule has 1 saturated heterocycles. The Morgan fingerprint density at radius 1 is 0.857 bits per heavy atom. The lowest BCUT2D eigenvalue weighted by Crippen LogP contribution is -2.38. The third-order valence-electron chi connectivity index (χ3n) is 4.86. The monoisotopic (exact) mass is 394 g/mol. The highest BCUT2D eigenvalue weighted by atomic mass is 32.2. The number of anilines is 1. The molecule has 1 aromatic heterocycles. The van der Waals surface area contributed by atoms with Crippen molar-refractivity contribution < 1.29 is 4.74 Å². The van der Waals surface area contributed by atoms with E-state index in [9.17, 15) is 0 Å². The van der Waals surface area contributed by atoms with Crippen LogP contribution in [0.1, 0.15) is 17.5 Å². The molecular formula is C22H26N4OS. The average Bonchev–Trinajstić information content (AvgIpc) is 3.16. The summed E-state index contributed by atoms with van der Waals surface area (Å²) in [6.07, 6.45) is 2.22. The molecule has 1 fully saturated rings. The summed E-state index contributed by atoms with van der Waals surface area (Å²) >= 11 is 1.80. The Morgan fingerprint density at radius 2 is 1.54 bits per heavy atom. The molecule has 0 spiro atoms. The Morgan fingerprint density at radius 3 is 2.25 bits per heavy atom. The molecule has 5 nitrogen and oxygen atoms in total. The predicted octanol–water partition coefficient (Wildman–Crippen LogP) is 3.89. The molecule has 0 radical (unpaired) electrons. The van der Waals surface area contributed by atoms with Gasteiger partial charge in [-0.25, -0.2) is 0 Å². The second-order valence-corrected chi connectivity index (χ2v) is 7.95. The summed E-state index contributed by atoms with van der Waals surface area (Å²) in [5, 5.41) is 10.1. The van der Waals surface area contributed by atoms with Crippen LogP contribution in [0.25, 0.3) is 0 Å². The summed E-state index contributed by atoms with van der Waals surface area (Å²) in [6, 6.07) is 21.2. The van der Waals surface area contributed by atoms with Crippen molar-refractivity contribution in [3.63, 3.8) is 0 Å². The highest BCUT2D eigenvalue weighted by Gasteiger charge is 2.20. The summed E-state index contributed by atoms with van der Waals surface area (Å²) in [5.74, 6) is 1.99. The van der Waals surface area contributed by atoms with Crippen LogP contribution in [0.2, 0.25) is 0 Å². The summed E-state index contributed by atoms with van der Waals surface area (Å²) in [5.41, 5.74) is 2.66. The fourth-order valence-corrected chi connectivity index (χ4v) is 4.25. The summed E-state index contributed by atoms with van der Waals surface area (Å²) in [6.45, 7) is 4.02. The van der Waals surface area contributed by atoms with Crippen LogP contribution >= 0.6 is 11.8 Å². The lowest BCUT2D eigenvalue weighted by atomic mass is 10.1. The minimum Gasteiger partial charge on any atom is -0.378 e. The molecule has 0 saturated carbocycles. The van der Waals surface area contributed by atoms with E-state index in [2.05, 4.69) is 80.3 Å². The molecule has 1 aliphatic heterocycles. The lowest BCUT2D eigenvalue weighted by molar-refractivity contribution is 0.121. The molecule has 2 heterocycles. The zero-order valence-electron chi connectivity index (χ0n) is 16.0. The number of benzene rings is 2. The van der Waals surface area contributed by atoms with Crippen molar-refractivity contribution >= 4 is 17.7 Å². The number of hydrogen-bond acceptors (Lipinski definition) is 5. The maximum atomic E-state index is 5.50. The third-order valence-corrected chi connectivity index (χ3v) is 5.91. The van der Waals surface area contributed by atoms with Crippen molar-refractivity contribution in [1.82, 2.24) is 14.8 Å². The van der Waals surface area contributed by atoms with Gasteiger partial charge in [-0.15, -0.1) is 10.2 Å². The number of aryl methyl sites for hydroxylation is 1. The van der Waals surface area contributed by atoms with E-state index in [-0.39, 0.29) is 0 Å². The van der Waals surface area contributed by atoms with E-state index in [0.29, 0.717) is 0 Å². The number of morpholine rings is 1. The summed E-state index contributed by atoms with van der Waals surface area (Å²) in [4.78, 5) is 2.29. The molecule has 4 rings (SSSR count). The highest BCUT2D eigenvalue weighted by Crippen LogP contribution is 2.25. The maximum absolute atomic E-state index is 5.50. The van der Waals surface area contributed by atoms with Crippen molar-refractivity contribution in [2.24, 2.45) is 0 Å². The second kappa shape index (κ2) is 9.75. The quantitative estimate of drug-likeness (QED) is 0.428. The molecule has 0 bridgehead atoms. The van der Waals surface area contributed by atoms with Gasteiger partial charge >= 0.3 is 0 Å². The van der Waals surface area contributed by atoms with Gasteiger partial charge in [0.1, 0.15) is 0 Å². The molecule has 1 aliphatic rings. The molecule has 146 valence electrons. The average molecular weight is 395 g/mol. The van der Waals surface area contributed by atoms with E-state index in [0.717, 1.165) is 62.5 Å². The van der Waals surface area contributed by atoms with Crippen LogP contribution in [0.4, 0.5) is 5.95 Å². The Labute approximate surface area is 170 Å². The van der Waals surface area contributed by atoms with Gasteiger partial charge in [-0.05, 0) is 24.0 Å². The number of hydrogen-bond donors (Lipinski definition) is 0. The van der Waals surface area contributed by atoms with Gasteiger partial charge in [0.2, 0.25) is 5.95 Å². The molecule has 0 amide bonds. The maximum Gasteiger partial charge on any atom is 0.228 e. The van der Waals surface area contributed by atoms with Gasteiger partial charge in [0.05, 0.1) is 19.8 Å². The Balaban J connectivity index is 1.45. The fraction of sp³-hybridized carbons (Fsp3) is 0.364. The standard InChI is InChI=1S/C22H26N4OS/c1-3-8-19(9-4-1)12-7-17-28-22-24-23-21(25-13-15-27-16-14-25)26(22)18-20-10-5-2-6-11-20/h1-6,8-11H,7,12-18H2. The minimum absolute atomic E-state index is 0.748. The van der Waals surface area contributed by atoms with Crippen molar-refractivity contribution in [2.75, 3.05) is 37.0 Å². The molecule has 2 aromatic carbocycles. The lowest BCUT2D eigenvalue weighted by Gasteiger charge is -2.28. The molecule has 0 unspecified atom stereocenters. The molecule has 0 atom stereocenters. The van der Waals surface area contributed by atoms with Crippen LogP contribution in [0, 0.1) is 0 Å². The Kier molecular flexibility index (Phi) is 6.63. The Hall–Kier alpha value is -2.31.